The van der Waals surface area contributed by atoms with E-state index >= 15 is 0 Å². The minimum Gasteiger partial charge on any atom is -0.384 e. The van der Waals surface area contributed by atoms with E-state index in [9.17, 15) is 13.6 Å². The van der Waals surface area contributed by atoms with Crippen LogP contribution in [0.1, 0.15) is 32.0 Å². The summed E-state index contributed by atoms with van der Waals surface area (Å²) in [6.07, 6.45) is 0.214. The molecule has 178 valence electrons. The van der Waals surface area contributed by atoms with Crippen LogP contribution < -0.4 is 5.73 Å². The third-order valence-electron chi connectivity index (χ3n) is 6.01. The number of halogens is 2. The SMILES string of the molecule is C/C(=C\C(N)=NC1CN(C(=O)CCCN2CCOCC2)C1)n1c(C(F)F)nc2ccccc21. The quantitative estimate of drug-likeness (QED) is 0.483. The number of benzene rings is 1. The van der Waals surface area contributed by atoms with Crippen molar-refractivity contribution in [2.24, 2.45) is 10.7 Å². The van der Waals surface area contributed by atoms with Crippen LogP contribution in [0, 0.1) is 0 Å². The van der Waals surface area contributed by atoms with Gasteiger partial charge in [0.15, 0.2) is 5.82 Å². The molecule has 2 aliphatic heterocycles. The summed E-state index contributed by atoms with van der Waals surface area (Å²) in [5, 5.41) is 0. The van der Waals surface area contributed by atoms with Gasteiger partial charge in [0.2, 0.25) is 5.91 Å². The third-order valence-corrected chi connectivity index (χ3v) is 6.01. The number of morpholine rings is 1. The molecule has 10 heteroatoms. The van der Waals surface area contributed by atoms with Gasteiger partial charge in [0, 0.05) is 38.3 Å². The lowest BCUT2D eigenvalue weighted by Gasteiger charge is -2.37. The van der Waals surface area contributed by atoms with Crippen LogP contribution in [0.25, 0.3) is 16.7 Å². The average molecular weight is 461 g/mol. The summed E-state index contributed by atoms with van der Waals surface area (Å²) in [6, 6.07) is 6.90. The Labute approximate surface area is 191 Å². The smallest absolute Gasteiger partial charge is 0.295 e. The Balaban J connectivity index is 1.31. The molecule has 1 aromatic carbocycles. The van der Waals surface area contributed by atoms with Crippen molar-refractivity contribution in [2.75, 3.05) is 45.9 Å². The molecule has 0 saturated carbocycles. The molecule has 2 aromatic rings. The summed E-state index contributed by atoms with van der Waals surface area (Å²) in [5.74, 6) is 0.0524. The van der Waals surface area contributed by atoms with Crippen LogP contribution in [0.3, 0.4) is 0 Å². The fourth-order valence-corrected chi connectivity index (χ4v) is 4.27. The van der Waals surface area contributed by atoms with Crippen LogP contribution in [0.4, 0.5) is 8.78 Å². The molecule has 2 saturated heterocycles. The number of carbonyl (C=O) groups is 1. The fraction of sp³-hybridized carbons (Fsp3) is 0.522. The predicted molar refractivity (Wildman–Crippen MR) is 123 cm³/mol. The summed E-state index contributed by atoms with van der Waals surface area (Å²) in [5.41, 5.74) is 7.68. The van der Waals surface area contributed by atoms with Gasteiger partial charge < -0.3 is 15.4 Å². The van der Waals surface area contributed by atoms with Crippen molar-refractivity contribution in [1.82, 2.24) is 19.4 Å². The number of aliphatic imine (C=N–C) groups is 1. The Morgan fingerprint density at radius 1 is 1.30 bits per heavy atom. The molecule has 2 fully saturated rings. The Bertz CT molecular complexity index is 1040. The molecule has 3 heterocycles. The van der Waals surface area contributed by atoms with E-state index in [1.54, 1.807) is 42.2 Å². The minimum absolute atomic E-state index is 0.0775. The van der Waals surface area contributed by atoms with Crippen molar-refractivity contribution in [3.63, 3.8) is 0 Å². The summed E-state index contributed by atoms with van der Waals surface area (Å²) in [7, 11) is 0. The van der Waals surface area contributed by atoms with Gasteiger partial charge in [-0.25, -0.2) is 13.8 Å². The van der Waals surface area contributed by atoms with E-state index in [4.69, 9.17) is 10.5 Å². The zero-order valence-electron chi connectivity index (χ0n) is 18.8. The Morgan fingerprint density at radius 2 is 2.03 bits per heavy atom. The normalized spacial score (nSPS) is 18.8. The van der Waals surface area contributed by atoms with Crippen LogP contribution >= 0.6 is 0 Å². The molecule has 2 N–H and O–H groups in total. The lowest BCUT2D eigenvalue weighted by molar-refractivity contribution is -0.135. The molecular formula is C23H30F2N6O2. The van der Waals surface area contributed by atoms with E-state index in [-0.39, 0.29) is 23.6 Å². The maximum atomic E-state index is 13.5. The zero-order valence-corrected chi connectivity index (χ0v) is 18.8. The van der Waals surface area contributed by atoms with E-state index in [1.165, 1.54) is 4.57 Å². The van der Waals surface area contributed by atoms with Crippen LogP contribution in [0.2, 0.25) is 0 Å². The van der Waals surface area contributed by atoms with E-state index < -0.39 is 6.43 Å². The number of nitrogens with zero attached hydrogens (tertiary/aromatic N) is 5. The highest BCUT2D eigenvalue weighted by Crippen LogP contribution is 2.27. The van der Waals surface area contributed by atoms with Crippen molar-refractivity contribution in [1.29, 1.82) is 0 Å². The maximum Gasteiger partial charge on any atom is 0.295 e. The second-order valence-corrected chi connectivity index (χ2v) is 8.44. The molecule has 1 amide bonds. The lowest BCUT2D eigenvalue weighted by Crippen LogP contribution is -2.53. The number of rotatable bonds is 8. The molecule has 0 atom stereocenters. The van der Waals surface area contributed by atoms with E-state index in [0.717, 1.165) is 39.3 Å². The number of carbonyl (C=O) groups excluding carboxylic acids is 1. The number of likely N-dealkylation sites (tertiary alicyclic amines) is 1. The first-order chi connectivity index (χ1) is 15.9. The molecule has 0 radical (unpaired) electrons. The molecule has 33 heavy (non-hydrogen) atoms. The second-order valence-electron chi connectivity index (χ2n) is 8.44. The van der Waals surface area contributed by atoms with E-state index in [0.29, 0.717) is 36.2 Å². The molecule has 8 nitrogen and oxygen atoms in total. The second kappa shape index (κ2) is 10.4. The number of alkyl halides is 2. The van der Waals surface area contributed by atoms with Gasteiger partial charge in [-0.1, -0.05) is 12.1 Å². The number of aromatic nitrogens is 2. The monoisotopic (exact) mass is 460 g/mol. The number of nitrogens with two attached hydrogens (primary N) is 1. The number of fused-ring (bicyclic) bond motifs is 1. The molecule has 0 aliphatic carbocycles. The first kappa shape index (κ1) is 23.3. The third kappa shape index (κ3) is 5.56. The van der Waals surface area contributed by atoms with Crippen LogP contribution in [-0.4, -0.2) is 83.1 Å². The highest BCUT2D eigenvalue weighted by atomic mass is 19.3. The van der Waals surface area contributed by atoms with E-state index in [2.05, 4.69) is 14.9 Å². The van der Waals surface area contributed by atoms with Gasteiger partial charge in [-0.05, 0) is 38.1 Å². The van der Waals surface area contributed by atoms with Gasteiger partial charge in [0.25, 0.3) is 6.43 Å². The van der Waals surface area contributed by atoms with Crippen molar-refractivity contribution in [2.45, 2.75) is 32.2 Å². The molecule has 1 aromatic heterocycles. The zero-order chi connectivity index (χ0) is 23.4. The summed E-state index contributed by atoms with van der Waals surface area (Å²) in [6.45, 7) is 7.04. The topological polar surface area (TPSA) is 89.0 Å². The molecule has 4 rings (SSSR count). The Hall–Kier alpha value is -2.85. The summed E-state index contributed by atoms with van der Waals surface area (Å²) in [4.78, 5) is 25.0. The summed E-state index contributed by atoms with van der Waals surface area (Å²) >= 11 is 0. The molecule has 0 spiro atoms. The van der Waals surface area contributed by atoms with Crippen molar-refractivity contribution in [3.8, 4) is 0 Å². The highest BCUT2D eigenvalue weighted by Gasteiger charge is 2.30. The fourth-order valence-electron chi connectivity index (χ4n) is 4.27. The van der Waals surface area contributed by atoms with Crippen molar-refractivity contribution >= 4 is 28.5 Å². The number of amidine groups is 1. The van der Waals surface area contributed by atoms with Gasteiger partial charge in [0.05, 0.1) is 30.3 Å². The first-order valence-electron chi connectivity index (χ1n) is 11.3. The number of hydrogen-bond acceptors (Lipinski definition) is 5. The highest BCUT2D eigenvalue weighted by molar-refractivity contribution is 5.97. The molecular weight excluding hydrogens is 430 g/mol. The molecule has 0 bridgehead atoms. The predicted octanol–water partition coefficient (Wildman–Crippen LogP) is 2.52. The van der Waals surface area contributed by atoms with Gasteiger partial charge in [-0.15, -0.1) is 0 Å². The van der Waals surface area contributed by atoms with Gasteiger partial charge in [-0.3, -0.25) is 19.3 Å². The minimum atomic E-state index is -2.71. The van der Waals surface area contributed by atoms with Crippen LogP contribution in [0.5, 0.6) is 0 Å². The van der Waals surface area contributed by atoms with Crippen molar-refractivity contribution in [3.05, 3.63) is 36.2 Å². The standard InChI is InChI=1S/C23H30F2N6O2/c1-16(31-19-6-3-2-5-18(19)28-23(31)22(24)25)13-20(26)27-17-14-30(15-17)21(32)7-4-8-29-9-11-33-12-10-29/h2-3,5-6,13,17,22H,4,7-12,14-15H2,1H3,(H2,26,27)/b16-13+. The average Bonchev–Trinajstić information content (AvgIpc) is 3.17. The van der Waals surface area contributed by atoms with E-state index in [1.807, 2.05) is 0 Å². The van der Waals surface area contributed by atoms with Gasteiger partial charge in [-0.2, -0.15) is 0 Å². The molecule has 2 aliphatic rings. The van der Waals surface area contributed by atoms with Gasteiger partial charge in [0.1, 0.15) is 5.84 Å². The van der Waals surface area contributed by atoms with Crippen LogP contribution in [-0.2, 0) is 9.53 Å². The van der Waals surface area contributed by atoms with Crippen LogP contribution in [0.15, 0.2) is 35.3 Å². The Kier molecular flexibility index (Phi) is 7.34. The number of ether oxygens (including phenoxy) is 1. The Morgan fingerprint density at radius 3 is 2.76 bits per heavy atom. The maximum absolute atomic E-state index is 13.5. The summed E-state index contributed by atoms with van der Waals surface area (Å²) < 4.78 is 33.8. The largest absolute Gasteiger partial charge is 0.384 e. The number of amides is 1. The van der Waals surface area contributed by atoms with Gasteiger partial charge >= 0.3 is 0 Å². The first-order valence-corrected chi connectivity index (χ1v) is 11.3. The number of imidazole rings is 1. The lowest BCUT2D eigenvalue weighted by atomic mass is 10.1. The number of hydrogen-bond donors (Lipinski definition) is 1. The molecule has 0 unspecified atom stereocenters. The number of para-hydroxylation sites is 2. The number of allylic oxidation sites excluding steroid dienone is 1. The van der Waals surface area contributed by atoms with Crippen molar-refractivity contribution < 1.29 is 18.3 Å².